The van der Waals surface area contributed by atoms with Crippen molar-refractivity contribution in [1.29, 1.82) is 0 Å². The highest BCUT2D eigenvalue weighted by molar-refractivity contribution is 7.11. The summed E-state index contributed by atoms with van der Waals surface area (Å²) in [6.07, 6.45) is 1.67. The van der Waals surface area contributed by atoms with Crippen molar-refractivity contribution in [2.24, 2.45) is 0 Å². The van der Waals surface area contributed by atoms with Crippen molar-refractivity contribution in [3.63, 3.8) is 0 Å². The van der Waals surface area contributed by atoms with Gasteiger partial charge in [0.25, 0.3) is 5.19 Å². The molecule has 88 valence electrons. The number of carboxylic acids is 1. The van der Waals surface area contributed by atoms with Crippen LogP contribution in [0.5, 0.6) is 10.9 Å². The normalized spacial score (nSPS) is 12.1. The Morgan fingerprint density at radius 3 is 2.65 bits per heavy atom. The minimum atomic E-state index is -0.835. The van der Waals surface area contributed by atoms with E-state index in [0.29, 0.717) is 10.9 Å². The highest BCUT2D eigenvalue weighted by Gasteiger charge is 2.13. The van der Waals surface area contributed by atoms with Crippen LogP contribution in [-0.2, 0) is 4.79 Å². The van der Waals surface area contributed by atoms with Gasteiger partial charge in [-0.3, -0.25) is 4.79 Å². The van der Waals surface area contributed by atoms with E-state index in [1.54, 1.807) is 37.4 Å². The van der Waals surface area contributed by atoms with Gasteiger partial charge in [0.15, 0.2) is 0 Å². The number of thiazole rings is 1. The van der Waals surface area contributed by atoms with Gasteiger partial charge in [-0.1, -0.05) is 23.5 Å². The Labute approximate surface area is 103 Å². The fraction of sp³-hybridized carbons (Fsp3) is 0.167. The van der Waals surface area contributed by atoms with Crippen LogP contribution in [0.4, 0.5) is 0 Å². The molecule has 1 atom stereocenters. The highest BCUT2D eigenvalue weighted by Crippen LogP contribution is 2.25. The molecule has 1 aromatic carbocycles. The van der Waals surface area contributed by atoms with Crippen molar-refractivity contribution in [3.05, 3.63) is 41.4 Å². The van der Waals surface area contributed by atoms with E-state index in [0.717, 1.165) is 5.56 Å². The van der Waals surface area contributed by atoms with E-state index in [1.165, 1.54) is 11.3 Å². The van der Waals surface area contributed by atoms with Crippen LogP contribution in [0.25, 0.3) is 0 Å². The number of hydrogen-bond acceptors (Lipinski definition) is 4. The van der Waals surface area contributed by atoms with E-state index >= 15 is 0 Å². The molecule has 1 aromatic heterocycles. The van der Waals surface area contributed by atoms with Crippen LogP contribution in [0.15, 0.2) is 35.8 Å². The van der Waals surface area contributed by atoms with E-state index in [1.807, 2.05) is 5.38 Å². The van der Waals surface area contributed by atoms with Gasteiger partial charge in [-0.25, -0.2) is 4.98 Å². The second-order valence-electron chi connectivity index (χ2n) is 3.53. The number of ether oxygens (including phenoxy) is 1. The molecular formula is C12H11NO3S. The Kier molecular flexibility index (Phi) is 3.39. The average Bonchev–Trinajstić information content (AvgIpc) is 2.82. The fourth-order valence-corrected chi connectivity index (χ4v) is 1.83. The van der Waals surface area contributed by atoms with Gasteiger partial charge in [-0.2, -0.15) is 0 Å². The molecule has 0 aliphatic heterocycles. The first-order valence-electron chi connectivity index (χ1n) is 5.07. The summed E-state index contributed by atoms with van der Waals surface area (Å²) >= 11 is 1.41. The van der Waals surface area contributed by atoms with E-state index in [2.05, 4.69) is 4.98 Å². The van der Waals surface area contributed by atoms with E-state index < -0.39 is 11.9 Å². The number of hydrogen-bond donors (Lipinski definition) is 1. The molecule has 0 bridgehead atoms. The van der Waals surface area contributed by atoms with Gasteiger partial charge in [-0.15, -0.1) is 0 Å². The van der Waals surface area contributed by atoms with Crippen molar-refractivity contribution in [3.8, 4) is 10.9 Å². The van der Waals surface area contributed by atoms with Crippen molar-refractivity contribution < 1.29 is 14.6 Å². The zero-order valence-corrected chi connectivity index (χ0v) is 9.98. The molecule has 2 rings (SSSR count). The maximum atomic E-state index is 10.8. The summed E-state index contributed by atoms with van der Waals surface area (Å²) in [5.74, 6) is -0.691. The number of rotatable bonds is 4. The van der Waals surface area contributed by atoms with Crippen LogP contribution < -0.4 is 4.74 Å². The van der Waals surface area contributed by atoms with Crippen molar-refractivity contribution in [2.45, 2.75) is 12.8 Å². The Morgan fingerprint density at radius 2 is 2.12 bits per heavy atom. The molecule has 2 aromatic rings. The third kappa shape index (κ3) is 2.82. The molecule has 0 spiro atoms. The fourth-order valence-electron chi connectivity index (χ4n) is 1.33. The Hall–Kier alpha value is -1.88. The molecule has 1 N–H and O–H groups in total. The van der Waals surface area contributed by atoms with Crippen LogP contribution in [0.1, 0.15) is 18.4 Å². The Balaban J connectivity index is 2.10. The monoisotopic (exact) mass is 249 g/mol. The molecule has 4 nitrogen and oxygen atoms in total. The lowest BCUT2D eigenvalue weighted by molar-refractivity contribution is -0.138. The first-order valence-corrected chi connectivity index (χ1v) is 5.95. The van der Waals surface area contributed by atoms with Gasteiger partial charge in [-0.05, 0) is 24.6 Å². The number of carbonyl (C=O) groups is 1. The smallest absolute Gasteiger partial charge is 0.310 e. The van der Waals surface area contributed by atoms with Gasteiger partial charge in [0, 0.05) is 11.6 Å². The highest BCUT2D eigenvalue weighted by atomic mass is 32.1. The first-order chi connectivity index (χ1) is 8.16. The van der Waals surface area contributed by atoms with Gasteiger partial charge in [0.2, 0.25) is 0 Å². The lowest BCUT2D eigenvalue weighted by Gasteiger charge is -2.07. The summed E-state index contributed by atoms with van der Waals surface area (Å²) in [5, 5.41) is 11.3. The Bertz CT molecular complexity index is 493. The Morgan fingerprint density at radius 1 is 1.41 bits per heavy atom. The molecule has 0 unspecified atom stereocenters. The minimum absolute atomic E-state index is 0.510. The third-order valence-corrected chi connectivity index (χ3v) is 3.01. The molecule has 1 heterocycles. The predicted octanol–water partition coefficient (Wildman–Crippen LogP) is 3.12. The predicted molar refractivity (Wildman–Crippen MR) is 64.7 cm³/mol. The van der Waals surface area contributed by atoms with Crippen molar-refractivity contribution in [2.75, 3.05) is 0 Å². The molecule has 0 radical (unpaired) electrons. The van der Waals surface area contributed by atoms with Gasteiger partial charge in [0.05, 0.1) is 5.92 Å². The quantitative estimate of drug-likeness (QED) is 0.904. The topological polar surface area (TPSA) is 59.4 Å². The average molecular weight is 249 g/mol. The standard InChI is InChI=1S/C12H11NO3S/c1-8(11(14)15)9-2-4-10(5-3-9)16-12-13-6-7-17-12/h2-8H,1H3,(H,14,15)/t8-/m1/s1. The summed E-state index contributed by atoms with van der Waals surface area (Å²) in [5.41, 5.74) is 0.754. The van der Waals surface area contributed by atoms with Gasteiger partial charge < -0.3 is 9.84 Å². The second kappa shape index (κ2) is 4.97. The van der Waals surface area contributed by atoms with Crippen LogP contribution in [0.3, 0.4) is 0 Å². The van der Waals surface area contributed by atoms with Crippen molar-refractivity contribution in [1.82, 2.24) is 4.98 Å². The van der Waals surface area contributed by atoms with Gasteiger partial charge in [0.1, 0.15) is 5.75 Å². The molecule has 17 heavy (non-hydrogen) atoms. The molecule has 0 amide bonds. The maximum absolute atomic E-state index is 10.8. The largest absolute Gasteiger partial charge is 0.481 e. The SMILES string of the molecule is C[C@@H](C(=O)O)c1ccc(Oc2nccs2)cc1. The van der Waals surface area contributed by atoms with Crippen LogP contribution >= 0.6 is 11.3 Å². The van der Waals surface area contributed by atoms with E-state index in [9.17, 15) is 4.79 Å². The molecular weight excluding hydrogens is 238 g/mol. The number of carboxylic acid groups (broad SMARTS) is 1. The number of aliphatic carboxylic acids is 1. The lowest BCUT2D eigenvalue weighted by atomic mass is 10.0. The lowest BCUT2D eigenvalue weighted by Crippen LogP contribution is -2.06. The van der Waals surface area contributed by atoms with Crippen LogP contribution in [0, 0.1) is 0 Å². The zero-order chi connectivity index (χ0) is 12.3. The number of nitrogens with zero attached hydrogens (tertiary/aromatic N) is 1. The van der Waals surface area contributed by atoms with Crippen LogP contribution in [0.2, 0.25) is 0 Å². The molecule has 5 heteroatoms. The van der Waals surface area contributed by atoms with E-state index in [-0.39, 0.29) is 0 Å². The first kappa shape index (κ1) is 11.6. The molecule has 0 aliphatic rings. The summed E-state index contributed by atoms with van der Waals surface area (Å²) in [6.45, 7) is 1.65. The second-order valence-corrected chi connectivity index (χ2v) is 4.39. The summed E-state index contributed by atoms with van der Waals surface area (Å²) < 4.78 is 5.47. The third-order valence-electron chi connectivity index (χ3n) is 2.37. The zero-order valence-electron chi connectivity index (χ0n) is 9.16. The molecule has 0 fully saturated rings. The number of benzene rings is 1. The maximum Gasteiger partial charge on any atom is 0.310 e. The van der Waals surface area contributed by atoms with Crippen molar-refractivity contribution >= 4 is 17.3 Å². The molecule has 0 saturated carbocycles. The summed E-state index contributed by atoms with van der Waals surface area (Å²) in [6, 6.07) is 7.00. The summed E-state index contributed by atoms with van der Waals surface area (Å²) in [7, 11) is 0. The van der Waals surface area contributed by atoms with E-state index in [4.69, 9.17) is 9.84 Å². The summed E-state index contributed by atoms with van der Waals surface area (Å²) in [4.78, 5) is 14.8. The minimum Gasteiger partial charge on any atom is -0.481 e. The molecule has 0 saturated heterocycles. The van der Waals surface area contributed by atoms with Crippen LogP contribution in [-0.4, -0.2) is 16.1 Å². The molecule has 0 aliphatic carbocycles. The van der Waals surface area contributed by atoms with Gasteiger partial charge >= 0.3 is 5.97 Å². The number of aromatic nitrogens is 1.